The molecule has 2 rings (SSSR count). The molecule has 0 aromatic rings. The third-order valence-corrected chi connectivity index (χ3v) is 3.25. The van der Waals surface area contributed by atoms with Gasteiger partial charge in [0.25, 0.3) is 0 Å². The van der Waals surface area contributed by atoms with Crippen molar-refractivity contribution in [3.05, 3.63) is 0 Å². The molecule has 1 amide bonds. The molecule has 1 unspecified atom stereocenters. The lowest BCUT2D eigenvalue weighted by Crippen LogP contribution is -2.38. The lowest BCUT2D eigenvalue weighted by Gasteiger charge is -2.24. The summed E-state index contributed by atoms with van der Waals surface area (Å²) in [7, 11) is 0. The first-order chi connectivity index (χ1) is 6.29. The normalized spacial score (nSPS) is 34.1. The minimum Gasteiger partial charge on any atom is -0.340 e. The van der Waals surface area contributed by atoms with E-state index < -0.39 is 0 Å². The van der Waals surface area contributed by atoms with Crippen LogP contribution in [0.5, 0.6) is 0 Å². The fraction of sp³-hybridized carbons (Fsp3) is 0.900. The molecule has 2 fully saturated rings. The van der Waals surface area contributed by atoms with Crippen LogP contribution in [0.25, 0.3) is 0 Å². The van der Waals surface area contributed by atoms with Gasteiger partial charge in [-0.05, 0) is 32.7 Å². The second kappa shape index (κ2) is 3.66. The molecule has 0 aromatic carbocycles. The first-order valence-electron chi connectivity index (χ1n) is 5.30. The molecule has 2 heterocycles. The molecular weight excluding hydrogens is 164 g/mol. The summed E-state index contributed by atoms with van der Waals surface area (Å²) in [5.41, 5.74) is 0. The molecule has 0 aliphatic carbocycles. The zero-order valence-corrected chi connectivity index (χ0v) is 8.25. The van der Waals surface area contributed by atoms with Gasteiger partial charge >= 0.3 is 0 Å². The molecule has 0 saturated carbocycles. The van der Waals surface area contributed by atoms with E-state index in [1.54, 1.807) is 0 Å². The molecule has 2 atom stereocenters. The predicted molar refractivity (Wildman–Crippen MR) is 51.4 cm³/mol. The number of hydrogen-bond acceptors (Lipinski definition) is 2. The van der Waals surface area contributed by atoms with E-state index in [0.29, 0.717) is 11.9 Å². The van der Waals surface area contributed by atoms with E-state index in [1.807, 2.05) is 0 Å². The van der Waals surface area contributed by atoms with E-state index in [1.165, 1.54) is 12.8 Å². The Morgan fingerprint density at radius 1 is 1.46 bits per heavy atom. The Morgan fingerprint density at radius 2 is 2.31 bits per heavy atom. The highest BCUT2D eigenvalue weighted by Gasteiger charge is 2.31. The zero-order chi connectivity index (χ0) is 9.26. The quantitative estimate of drug-likeness (QED) is 0.644. The zero-order valence-electron chi connectivity index (χ0n) is 8.25. The smallest absolute Gasteiger partial charge is 0.227 e. The van der Waals surface area contributed by atoms with E-state index in [2.05, 4.69) is 17.1 Å². The molecule has 2 saturated heterocycles. The molecule has 0 bridgehead atoms. The van der Waals surface area contributed by atoms with E-state index in [9.17, 15) is 4.79 Å². The second-order valence-corrected chi connectivity index (χ2v) is 4.21. The standard InChI is InChI=1S/C10H18N2O/c1-8-3-2-6-12(8)10(13)9-4-5-11-7-9/h8-9,11H,2-7H2,1H3/t8-,9?/m0/s1. The minimum atomic E-state index is 0.264. The molecule has 2 aliphatic rings. The maximum absolute atomic E-state index is 11.9. The van der Waals surface area contributed by atoms with E-state index >= 15 is 0 Å². The molecule has 0 spiro atoms. The van der Waals surface area contributed by atoms with E-state index in [-0.39, 0.29) is 5.92 Å². The van der Waals surface area contributed by atoms with E-state index in [4.69, 9.17) is 0 Å². The van der Waals surface area contributed by atoms with Crippen molar-refractivity contribution in [3.63, 3.8) is 0 Å². The molecule has 3 heteroatoms. The van der Waals surface area contributed by atoms with Crippen molar-refractivity contribution in [1.29, 1.82) is 0 Å². The van der Waals surface area contributed by atoms with Gasteiger partial charge in [0.2, 0.25) is 5.91 Å². The lowest BCUT2D eigenvalue weighted by molar-refractivity contribution is -0.135. The number of nitrogens with zero attached hydrogens (tertiary/aromatic N) is 1. The van der Waals surface area contributed by atoms with Gasteiger partial charge in [-0.3, -0.25) is 4.79 Å². The number of likely N-dealkylation sites (tertiary alicyclic amines) is 1. The number of carbonyl (C=O) groups is 1. The van der Waals surface area contributed by atoms with Crippen LogP contribution >= 0.6 is 0 Å². The summed E-state index contributed by atoms with van der Waals surface area (Å²) >= 11 is 0. The molecule has 1 N–H and O–H groups in total. The Labute approximate surface area is 79.5 Å². The van der Waals surface area contributed by atoms with Gasteiger partial charge < -0.3 is 10.2 Å². The number of nitrogens with one attached hydrogen (secondary N) is 1. The molecule has 2 aliphatic heterocycles. The summed E-state index contributed by atoms with van der Waals surface area (Å²) in [6, 6.07) is 0.480. The van der Waals surface area contributed by atoms with Gasteiger partial charge in [-0.2, -0.15) is 0 Å². The van der Waals surface area contributed by atoms with Gasteiger partial charge in [-0.15, -0.1) is 0 Å². The maximum Gasteiger partial charge on any atom is 0.227 e. The first-order valence-corrected chi connectivity index (χ1v) is 5.30. The monoisotopic (exact) mass is 182 g/mol. The third kappa shape index (κ3) is 1.70. The highest BCUT2D eigenvalue weighted by Crippen LogP contribution is 2.21. The summed E-state index contributed by atoms with van der Waals surface area (Å²) in [6.07, 6.45) is 3.40. The van der Waals surface area contributed by atoms with Crippen LogP contribution in [0.3, 0.4) is 0 Å². The first kappa shape index (κ1) is 9.00. The van der Waals surface area contributed by atoms with Crippen LogP contribution in [0.4, 0.5) is 0 Å². The summed E-state index contributed by atoms with van der Waals surface area (Å²) in [4.78, 5) is 14.0. The average molecular weight is 182 g/mol. The SMILES string of the molecule is C[C@H]1CCCN1C(=O)C1CCNC1. The summed E-state index contributed by atoms with van der Waals surface area (Å²) in [5, 5.41) is 3.24. The Hall–Kier alpha value is -0.570. The lowest BCUT2D eigenvalue weighted by atomic mass is 10.1. The fourth-order valence-electron chi connectivity index (χ4n) is 2.36. The average Bonchev–Trinajstić information content (AvgIpc) is 2.72. The van der Waals surface area contributed by atoms with Crippen LogP contribution in [0.15, 0.2) is 0 Å². The minimum absolute atomic E-state index is 0.264. The largest absolute Gasteiger partial charge is 0.340 e. The van der Waals surface area contributed by atoms with Crippen molar-refractivity contribution in [3.8, 4) is 0 Å². The van der Waals surface area contributed by atoms with Crippen molar-refractivity contribution in [2.75, 3.05) is 19.6 Å². The molecule has 3 nitrogen and oxygen atoms in total. The van der Waals surface area contributed by atoms with Crippen molar-refractivity contribution in [2.45, 2.75) is 32.2 Å². The number of rotatable bonds is 1. The topological polar surface area (TPSA) is 32.3 Å². The van der Waals surface area contributed by atoms with Crippen LogP contribution < -0.4 is 5.32 Å². The van der Waals surface area contributed by atoms with Gasteiger partial charge in [0.15, 0.2) is 0 Å². The number of amides is 1. The Morgan fingerprint density at radius 3 is 2.85 bits per heavy atom. The van der Waals surface area contributed by atoms with Crippen LogP contribution in [0.2, 0.25) is 0 Å². The van der Waals surface area contributed by atoms with Crippen LogP contribution in [0.1, 0.15) is 26.2 Å². The molecule has 0 aromatic heterocycles. The van der Waals surface area contributed by atoms with Crippen molar-refractivity contribution < 1.29 is 4.79 Å². The summed E-state index contributed by atoms with van der Waals surface area (Å²) in [6.45, 7) is 5.05. The second-order valence-electron chi connectivity index (χ2n) is 4.21. The highest BCUT2D eigenvalue weighted by atomic mass is 16.2. The van der Waals surface area contributed by atoms with E-state index in [0.717, 1.165) is 26.1 Å². The fourth-order valence-corrected chi connectivity index (χ4v) is 2.36. The predicted octanol–water partition coefficient (Wildman–Crippen LogP) is 0.607. The third-order valence-electron chi connectivity index (χ3n) is 3.25. The van der Waals surface area contributed by atoms with Gasteiger partial charge in [-0.25, -0.2) is 0 Å². The van der Waals surface area contributed by atoms with Crippen molar-refractivity contribution >= 4 is 5.91 Å². The summed E-state index contributed by atoms with van der Waals surface area (Å²) < 4.78 is 0. The van der Waals surface area contributed by atoms with Gasteiger partial charge in [0.1, 0.15) is 0 Å². The molecular formula is C10H18N2O. The van der Waals surface area contributed by atoms with Gasteiger partial charge in [0, 0.05) is 19.1 Å². The van der Waals surface area contributed by atoms with Gasteiger partial charge in [0.05, 0.1) is 5.92 Å². The number of carbonyl (C=O) groups excluding carboxylic acids is 1. The Bertz CT molecular complexity index is 199. The summed E-state index contributed by atoms with van der Waals surface area (Å²) in [5.74, 6) is 0.649. The molecule has 0 radical (unpaired) electrons. The van der Waals surface area contributed by atoms with Gasteiger partial charge in [-0.1, -0.05) is 0 Å². The molecule has 13 heavy (non-hydrogen) atoms. The van der Waals surface area contributed by atoms with Crippen LogP contribution in [-0.2, 0) is 4.79 Å². The Balaban J connectivity index is 1.95. The molecule has 74 valence electrons. The van der Waals surface area contributed by atoms with Crippen molar-refractivity contribution in [1.82, 2.24) is 10.2 Å². The maximum atomic E-state index is 11.9. The van der Waals surface area contributed by atoms with Crippen LogP contribution in [0, 0.1) is 5.92 Å². The van der Waals surface area contributed by atoms with Crippen LogP contribution in [-0.4, -0.2) is 36.5 Å². The Kier molecular flexibility index (Phi) is 2.54. The van der Waals surface area contributed by atoms with Crippen molar-refractivity contribution in [2.24, 2.45) is 5.92 Å². The highest BCUT2D eigenvalue weighted by molar-refractivity contribution is 5.80. The number of hydrogen-bond donors (Lipinski definition) is 1.